The van der Waals surface area contributed by atoms with Crippen LogP contribution in [-0.4, -0.2) is 20.4 Å². The molecule has 0 saturated carbocycles. The van der Waals surface area contributed by atoms with Crippen molar-refractivity contribution in [2.75, 3.05) is 19.6 Å². The molecule has 0 aromatic heterocycles. The van der Waals surface area contributed by atoms with Gasteiger partial charge in [0.2, 0.25) is 0 Å². The Labute approximate surface area is 143 Å². The Balaban J connectivity index is 2.16. The smallest absolute Gasteiger partial charge is 0.179 e. The maximum atomic E-state index is 6.13. The van der Waals surface area contributed by atoms with E-state index in [-0.39, 0.29) is 0 Å². The van der Waals surface area contributed by atoms with E-state index in [9.17, 15) is 0 Å². The lowest BCUT2D eigenvalue weighted by Gasteiger charge is -2.10. The maximum absolute atomic E-state index is 6.13. The first-order valence-corrected chi connectivity index (χ1v) is 7.34. The molecule has 0 unspecified atom stereocenters. The molecule has 0 radical (unpaired) electrons. The summed E-state index contributed by atoms with van der Waals surface area (Å²) in [4.78, 5) is 0. The largest absolute Gasteiger partial charge is 0.493 e. The molecule has 0 spiro atoms. The monoisotopic (exact) mass is 358 g/mol. The van der Waals surface area contributed by atoms with Crippen molar-refractivity contribution in [3.05, 3.63) is 51.0 Å². The van der Waals surface area contributed by atoms with Crippen LogP contribution in [0.1, 0.15) is 5.56 Å². The number of nitrogens with zero attached hydrogens (tertiary/aromatic N) is 1. The van der Waals surface area contributed by atoms with Gasteiger partial charge in [0.1, 0.15) is 0 Å². The standard InChI is InChI=1S/C15H13Cl3N2O2/c1-21-14-6-9(5-13(18)15(14)22-2)8-19-20-10-3-4-11(16)12(17)7-10/h3-8,20H,1-2H3. The van der Waals surface area contributed by atoms with Gasteiger partial charge in [-0.1, -0.05) is 34.8 Å². The van der Waals surface area contributed by atoms with Crippen LogP contribution in [0.25, 0.3) is 0 Å². The molecule has 2 aromatic carbocycles. The van der Waals surface area contributed by atoms with Gasteiger partial charge in [0.05, 0.1) is 41.2 Å². The van der Waals surface area contributed by atoms with Crippen molar-refractivity contribution in [3.63, 3.8) is 0 Å². The van der Waals surface area contributed by atoms with E-state index in [4.69, 9.17) is 44.3 Å². The Kier molecular flexibility index (Phi) is 5.77. The van der Waals surface area contributed by atoms with Crippen molar-refractivity contribution in [2.45, 2.75) is 0 Å². The van der Waals surface area contributed by atoms with Crippen LogP contribution in [0.5, 0.6) is 11.5 Å². The highest BCUT2D eigenvalue weighted by molar-refractivity contribution is 6.42. The van der Waals surface area contributed by atoms with Crippen molar-refractivity contribution in [1.82, 2.24) is 0 Å². The molecule has 2 aromatic rings. The zero-order chi connectivity index (χ0) is 16.1. The molecule has 0 aliphatic carbocycles. The molecule has 0 heterocycles. The van der Waals surface area contributed by atoms with Crippen LogP contribution in [0.2, 0.25) is 15.1 Å². The van der Waals surface area contributed by atoms with Crippen molar-refractivity contribution in [1.29, 1.82) is 0 Å². The summed E-state index contributed by atoms with van der Waals surface area (Å²) in [5.74, 6) is 1.02. The minimum Gasteiger partial charge on any atom is -0.493 e. The highest BCUT2D eigenvalue weighted by Crippen LogP contribution is 2.35. The lowest BCUT2D eigenvalue weighted by Crippen LogP contribution is -1.95. The Morgan fingerprint density at radius 1 is 0.955 bits per heavy atom. The molecule has 7 heteroatoms. The summed E-state index contributed by atoms with van der Waals surface area (Å²) in [5.41, 5.74) is 4.34. The lowest BCUT2D eigenvalue weighted by atomic mass is 10.2. The highest BCUT2D eigenvalue weighted by atomic mass is 35.5. The molecule has 0 aliphatic heterocycles. The number of rotatable bonds is 5. The Morgan fingerprint density at radius 2 is 1.73 bits per heavy atom. The highest BCUT2D eigenvalue weighted by Gasteiger charge is 2.09. The van der Waals surface area contributed by atoms with Crippen molar-refractivity contribution >= 4 is 46.7 Å². The summed E-state index contributed by atoms with van der Waals surface area (Å²) in [7, 11) is 3.08. The first kappa shape index (κ1) is 16.7. The number of nitrogens with one attached hydrogen (secondary N) is 1. The van der Waals surface area contributed by atoms with Gasteiger partial charge in [-0.25, -0.2) is 0 Å². The number of halogens is 3. The van der Waals surface area contributed by atoms with E-state index in [1.54, 1.807) is 43.7 Å². The van der Waals surface area contributed by atoms with Gasteiger partial charge < -0.3 is 9.47 Å². The minimum atomic E-state index is 0.442. The zero-order valence-electron chi connectivity index (χ0n) is 11.9. The molecule has 2 rings (SSSR count). The second-order valence-corrected chi connectivity index (χ2v) is 5.46. The second kappa shape index (κ2) is 7.58. The average Bonchev–Trinajstić information content (AvgIpc) is 2.50. The molecule has 22 heavy (non-hydrogen) atoms. The maximum Gasteiger partial charge on any atom is 0.179 e. The third-order valence-electron chi connectivity index (χ3n) is 2.78. The summed E-state index contributed by atoms with van der Waals surface area (Å²) in [6.45, 7) is 0. The Morgan fingerprint density at radius 3 is 2.36 bits per heavy atom. The van der Waals surface area contributed by atoms with Crippen LogP contribution in [0.3, 0.4) is 0 Å². The van der Waals surface area contributed by atoms with Gasteiger partial charge in [-0.3, -0.25) is 5.43 Å². The number of hydrogen-bond acceptors (Lipinski definition) is 4. The molecular formula is C15H13Cl3N2O2. The molecule has 1 N–H and O–H groups in total. The topological polar surface area (TPSA) is 42.8 Å². The summed E-state index contributed by atoms with van der Waals surface area (Å²) in [5, 5.41) is 5.51. The molecule has 0 amide bonds. The number of hydrazone groups is 1. The van der Waals surface area contributed by atoms with E-state index in [1.165, 1.54) is 7.11 Å². The predicted octanol–water partition coefficient (Wildman–Crippen LogP) is 5.11. The van der Waals surface area contributed by atoms with E-state index in [0.29, 0.717) is 26.6 Å². The first-order valence-electron chi connectivity index (χ1n) is 6.20. The second-order valence-electron chi connectivity index (χ2n) is 4.24. The van der Waals surface area contributed by atoms with Gasteiger partial charge in [0.25, 0.3) is 0 Å². The quantitative estimate of drug-likeness (QED) is 0.596. The number of methoxy groups -OCH3 is 2. The molecular weight excluding hydrogens is 347 g/mol. The minimum absolute atomic E-state index is 0.442. The van der Waals surface area contributed by atoms with Crippen LogP contribution in [0, 0.1) is 0 Å². The third kappa shape index (κ3) is 3.97. The van der Waals surface area contributed by atoms with Gasteiger partial charge in [-0.15, -0.1) is 0 Å². The normalized spacial score (nSPS) is 10.8. The number of benzene rings is 2. The van der Waals surface area contributed by atoms with Crippen molar-refractivity contribution in [2.24, 2.45) is 5.10 Å². The van der Waals surface area contributed by atoms with E-state index >= 15 is 0 Å². The summed E-state index contributed by atoms with van der Waals surface area (Å²) in [6.07, 6.45) is 1.61. The number of anilines is 1. The SMILES string of the molecule is COc1cc(C=NNc2ccc(Cl)c(Cl)c2)cc(Cl)c1OC. The van der Waals surface area contributed by atoms with E-state index in [0.717, 1.165) is 11.3 Å². The van der Waals surface area contributed by atoms with Crippen LogP contribution in [0.15, 0.2) is 35.4 Å². The van der Waals surface area contributed by atoms with Crippen LogP contribution in [-0.2, 0) is 0 Å². The lowest BCUT2D eigenvalue weighted by molar-refractivity contribution is 0.355. The molecule has 0 atom stereocenters. The van der Waals surface area contributed by atoms with Gasteiger partial charge in [-0.2, -0.15) is 5.10 Å². The fraction of sp³-hybridized carbons (Fsp3) is 0.133. The predicted molar refractivity (Wildman–Crippen MR) is 92.2 cm³/mol. The van der Waals surface area contributed by atoms with Gasteiger partial charge in [-0.05, 0) is 35.9 Å². The molecule has 0 fully saturated rings. The number of ether oxygens (including phenoxy) is 2. The van der Waals surface area contributed by atoms with E-state index in [1.807, 2.05) is 0 Å². The third-order valence-corrected chi connectivity index (χ3v) is 3.80. The van der Waals surface area contributed by atoms with E-state index in [2.05, 4.69) is 10.5 Å². The zero-order valence-corrected chi connectivity index (χ0v) is 14.1. The van der Waals surface area contributed by atoms with Gasteiger partial charge in [0.15, 0.2) is 11.5 Å². The van der Waals surface area contributed by atoms with Gasteiger partial charge in [0, 0.05) is 0 Å². The average molecular weight is 360 g/mol. The fourth-order valence-electron chi connectivity index (χ4n) is 1.76. The number of hydrogen-bond donors (Lipinski definition) is 1. The molecule has 0 aliphatic rings. The Hall–Kier alpha value is -1.62. The summed E-state index contributed by atoms with van der Waals surface area (Å²) < 4.78 is 10.4. The molecule has 4 nitrogen and oxygen atoms in total. The van der Waals surface area contributed by atoms with Crippen LogP contribution in [0.4, 0.5) is 5.69 Å². The van der Waals surface area contributed by atoms with E-state index < -0.39 is 0 Å². The van der Waals surface area contributed by atoms with Crippen LogP contribution >= 0.6 is 34.8 Å². The summed E-state index contributed by atoms with van der Waals surface area (Å²) >= 11 is 17.9. The first-order chi connectivity index (χ1) is 10.5. The molecule has 116 valence electrons. The van der Waals surface area contributed by atoms with Gasteiger partial charge >= 0.3 is 0 Å². The fourth-order valence-corrected chi connectivity index (χ4v) is 2.35. The molecule has 0 bridgehead atoms. The van der Waals surface area contributed by atoms with Crippen molar-refractivity contribution < 1.29 is 9.47 Å². The summed E-state index contributed by atoms with van der Waals surface area (Å²) in [6, 6.07) is 8.64. The Bertz CT molecular complexity index is 705. The molecule has 0 saturated heterocycles. The van der Waals surface area contributed by atoms with Crippen LogP contribution < -0.4 is 14.9 Å². The van der Waals surface area contributed by atoms with Crippen molar-refractivity contribution in [3.8, 4) is 11.5 Å².